The molecule has 0 atom stereocenters. The number of nitrogens with one attached hydrogen (secondary N) is 1. The lowest BCUT2D eigenvalue weighted by Crippen LogP contribution is -2.44. The van der Waals surface area contributed by atoms with E-state index in [1.54, 1.807) is 37.5 Å². The van der Waals surface area contributed by atoms with Gasteiger partial charge < -0.3 is 19.5 Å². The fraction of sp³-hybridized carbons (Fsp3) is 0.265. The Morgan fingerprint density at radius 1 is 0.956 bits per heavy atom. The van der Waals surface area contributed by atoms with Crippen molar-refractivity contribution in [2.45, 2.75) is 19.6 Å². The average molecular weight is 615 g/mol. The predicted octanol–water partition coefficient (Wildman–Crippen LogP) is 6.75. The van der Waals surface area contributed by atoms with Gasteiger partial charge in [0.1, 0.15) is 17.1 Å². The van der Waals surface area contributed by atoms with Crippen molar-refractivity contribution < 1.29 is 22.7 Å². The summed E-state index contributed by atoms with van der Waals surface area (Å²) in [6, 6.07) is 16.6. The standard InChI is InChI=1S/C34H33F3N6O2/c1-22-4-7-26(45-31-20-30(23-8-11-38-12-9-23)40-32-27(31)10-13-42(32)3)19-28(22)33(44)39-25-6-5-24(29(18-25)34(35,36)37)21-43-16-14-41(2)15-17-43/h4-13,18-20H,14-17,21H2,1-3H3,(H,39,44). The van der Waals surface area contributed by atoms with Gasteiger partial charge in [0.05, 0.1) is 16.6 Å². The number of alkyl halides is 3. The number of nitrogens with zero attached hydrogens (tertiary/aromatic N) is 5. The fourth-order valence-electron chi connectivity index (χ4n) is 5.49. The van der Waals surface area contributed by atoms with Crippen LogP contribution in [0.15, 0.2) is 79.3 Å². The molecule has 2 aromatic carbocycles. The Kier molecular flexibility index (Phi) is 8.30. The number of pyridine rings is 2. The molecule has 0 saturated carbocycles. The lowest BCUT2D eigenvalue weighted by molar-refractivity contribution is -0.138. The first kappa shape index (κ1) is 30.3. The molecule has 232 valence electrons. The number of aryl methyl sites for hydroxylation is 2. The Labute approximate surface area is 259 Å². The van der Waals surface area contributed by atoms with Crippen molar-refractivity contribution >= 4 is 22.6 Å². The highest BCUT2D eigenvalue weighted by Crippen LogP contribution is 2.36. The lowest BCUT2D eigenvalue weighted by atomic mass is 10.0. The quantitative estimate of drug-likeness (QED) is 0.219. The smallest absolute Gasteiger partial charge is 0.416 e. The minimum absolute atomic E-state index is 0.0716. The summed E-state index contributed by atoms with van der Waals surface area (Å²) in [4.78, 5) is 26.4. The van der Waals surface area contributed by atoms with E-state index >= 15 is 0 Å². The summed E-state index contributed by atoms with van der Waals surface area (Å²) in [5, 5.41) is 3.46. The zero-order valence-electron chi connectivity index (χ0n) is 25.2. The molecule has 1 saturated heterocycles. The monoisotopic (exact) mass is 614 g/mol. The molecule has 5 aromatic rings. The van der Waals surface area contributed by atoms with Crippen LogP contribution in [0.3, 0.4) is 0 Å². The average Bonchev–Trinajstić information content (AvgIpc) is 3.40. The second-order valence-corrected chi connectivity index (χ2v) is 11.4. The van der Waals surface area contributed by atoms with E-state index in [4.69, 9.17) is 9.72 Å². The molecule has 0 unspecified atom stereocenters. The van der Waals surface area contributed by atoms with E-state index in [1.807, 2.05) is 54.0 Å². The summed E-state index contributed by atoms with van der Waals surface area (Å²) in [6.45, 7) is 4.97. The van der Waals surface area contributed by atoms with Gasteiger partial charge in [-0.25, -0.2) is 4.98 Å². The van der Waals surface area contributed by atoms with Crippen molar-refractivity contribution in [1.29, 1.82) is 0 Å². The first-order valence-electron chi connectivity index (χ1n) is 14.6. The molecule has 11 heteroatoms. The van der Waals surface area contributed by atoms with Gasteiger partial charge >= 0.3 is 6.18 Å². The molecule has 0 aliphatic carbocycles. The molecule has 1 N–H and O–H groups in total. The zero-order valence-corrected chi connectivity index (χ0v) is 25.2. The number of amides is 1. The number of likely N-dealkylation sites (N-methyl/N-ethyl adjacent to an activating group) is 1. The highest BCUT2D eigenvalue weighted by atomic mass is 19.4. The molecule has 0 radical (unpaired) electrons. The molecule has 1 aliphatic rings. The number of hydrogen-bond acceptors (Lipinski definition) is 6. The molecule has 45 heavy (non-hydrogen) atoms. The molecule has 8 nitrogen and oxygen atoms in total. The molecule has 4 heterocycles. The van der Waals surface area contributed by atoms with E-state index in [0.717, 1.165) is 35.8 Å². The van der Waals surface area contributed by atoms with Crippen LogP contribution in [0.5, 0.6) is 11.5 Å². The Hall–Kier alpha value is -4.74. The van der Waals surface area contributed by atoms with Crippen LogP contribution in [0, 0.1) is 6.92 Å². The van der Waals surface area contributed by atoms with Gasteiger partial charge in [-0.15, -0.1) is 0 Å². The van der Waals surface area contributed by atoms with Gasteiger partial charge in [0, 0.05) is 81.2 Å². The number of piperazine rings is 1. The maximum absolute atomic E-state index is 14.1. The third-order valence-corrected chi connectivity index (χ3v) is 8.12. The number of hydrogen-bond donors (Lipinski definition) is 1. The Bertz CT molecular complexity index is 1850. The molecule has 0 bridgehead atoms. The maximum Gasteiger partial charge on any atom is 0.416 e. The minimum Gasteiger partial charge on any atom is -0.456 e. The van der Waals surface area contributed by atoms with Gasteiger partial charge in [0.25, 0.3) is 5.91 Å². The summed E-state index contributed by atoms with van der Waals surface area (Å²) in [5.74, 6) is 0.421. The van der Waals surface area contributed by atoms with Crippen LogP contribution < -0.4 is 10.1 Å². The van der Waals surface area contributed by atoms with Crippen molar-refractivity contribution in [1.82, 2.24) is 24.3 Å². The third-order valence-electron chi connectivity index (χ3n) is 8.12. The first-order chi connectivity index (χ1) is 21.5. The first-order valence-corrected chi connectivity index (χ1v) is 14.6. The number of fused-ring (bicyclic) bond motifs is 1. The number of carbonyl (C=O) groups excluding carboxylic acids is 1. The molecule has 1 amide bonds. The molecule has 1 aliphatic heterocycles. The summed E-state index contributed by atoms with van der Waals surface area (Å²) < 4.78 is 50.6. The molecular formula is C34H33F3N6O2. The van der Waals surface area contributed by atoms with Crippen molar-refractivity contribution in [2.75, 3.05) is 38.5 Å². The van der Waals surface area contributed by atoms with Crippen LogP contribution in [0.25, 0.3) is 22.3 Å². The minimum atomic E-state index is -4.56. The number of halogens is 3. The summed E-state index contributed by atoms with van der Waals surface area (Å²) in [6.07, 6.45) is 0.710. The third kappa shape index (κ3) is 6.69. The zero-order chi connectivity index (χ0) is 31.7. The van der Waals surface area contributed by atoms with E-state index in [0.29, 0.717) is 35.8 Å². The van der Waals surface area contributed by atoms with Crippen LogP contribution in [0.2, 0.25) is 0 Å². The largest absolute Gasteiger partial charge is 0.456 e. The Balaban J connectivity index is 1.25. The number of anilines is 1. The number of ether oxygens (including phenoxy) is 1. The van der Waals surface area contributed by atoms with Gasteiger partial charge in [-0.1, -0.05) is 12.1 Å². The van der Waals surface area contributed by atoms with Crippen LogP contribution in [0.1, 0.15) is 27.0 Å². The van der Waals surface area contributed by atoms with Crippen LogP contribution in [-0.4, -0.2) is 63.5 Å². The van der Waals surface area contributed by atoms with Crippen molar-refractivity contribution in [3.8, 4) is 22.8 Å². The summed E-state index contributed by atoms with van der Waals surface area (Å²) >= 11 is 0. The molecule has 0 spiro atoms. The van der Waals surface area contributed by atoms with E-state index in [2.05, 4.69) is 15.2 Å². The number of aromatic nitrogens is 3. The molecule has 1 fully saturated rings. The summed E-state index contributed by atoms with van der Waals surface area (Å²) in [7, 11) is 3.90. The topological polar surface area (TPSA) is 75.5 Å². The number of carbonyl (C=O) groups is 1. The molecule has 6 rings (SSSR count). The van der Waals surface area contributed by atoms with Gasteiger partial charge in [-0.2, -0.15) is 13.2 Å². The molecular weight excluding hydrogens is 581 g/mol. The van der Waals surface area contributed by atoms with Crippen LogP contribution in [-0.2, 0) is 19.8 Å². The SMILES string of the molecule is Cc1ccc(Oc2cc(-c3ccncc3)nc3c2ccn3C)cc1C(=O)Nc1ccc(CN2CCN(C)CC2)c(C(F)(F)F)c1. The normalized spacial score (nSPS) is 14.5. The second kappa shape index (κ2) is 12.3. The van der Waals surface area contributed by atoms with Gasteiger partial charge in [-0.3, -0.25) is 14.7 Å². The van der Waals surface area contributed by atoms with Gasteiger partial charge in [-0.05, 0) is 67.6 Å². The van der Waals surface area contributed by atoms with E-state index < -0.39 is 17.6 Å². The van der Waals surface area contributed by atoms with Gasteiger partial charge in [0.2, 0.25) is 0 Å². The number of benzene rings is 2. The Morgan fingerprint density at radius 2 is 1.71 bits per heavy atom. The van der Waals surface area contributed by atoms with E-state index in [9.17, 15) is 18.0 Å². The van der Waals surface area contributed by atoms with Crippen LogP contribution in [0.4, 0.5) is 18.9 Å². The Morgan fingerprint density at radius 3 is 2.44 bits per heavy atom. The van der Waals surface area contributed by atoms with Gasteiger partial charge in [0.15, 0.2) is 0 Å². The highest BCUT2D eigenvalue weighted by Gasteiger charge is 2.34. The van der Waals surface area contributed by atoms with Crippen molar-refractivity contribution in [2.24, 2.45) is 7.05 Å². The number of rotatable bonds is 7. The maximum atomic E-state index is 14.1. The highest BCUT2D eigenvalue weighted by molar-refractivity contribution is 6.05. The van der Waals surface area contributed by atoms with Crippen molar-refractivity contribution in [3.05, 3.63) is 102 Å². The predicted molar refractivity (Wildman–Crippen MR) is 167 cm³/mol. The fourth-order valence-corrected chi connectivity index (χ4v) is 5.49. The lowest BCUT2D eigenvalue weighted by Gasteiger charge is -2.33. The summed E-state index contributed by atoms with van der Waals surface area (Å²) in [5.41, 5.74) is 2.74. The van der Waals surface area contributed by atoms with E-state index in [-0.39, 0.29) is 23.4 Å². The van der Waals surface area contributed by atoms with Crippen LogP contribution >= 0.6 is 0 Å². The van der Waals surface area contributed by atoms with Crippen molar-refractivity contribution in [3.63, 3.8) is 0 Å². The second-order valence-electron chi connectivity index (χ2n) is 11.4. The molecule has 3 aromatic heterocycles. The van der Waals surface area contributed by atoms with E-state index in [1.165, 1.54) is 12.1 Å².